The Morgan fingerprint density at radius 2 is 2.22 bits per heavy atom. The molecule has 2 nitrogen and oxygen atoms in total. The van der Waals surface area contributed by atoms with E-state index in [-0.39, 0.29) is 12.4 Å². The van der Waals surface area contributed by atoms with E-state index in [1.54, 1.807) is 12.1 Å². The molecule has 3 heteroatoms. The molecular formula is C15H20FNO. The number of aliphatic hydroxyl groups excluding tert-OH is 1. The fourth-order valence-corrected chi connectivity index (χ4v) is 3.07. The zero-order valence-corrected chi connectivity index (χ0v) is 10.6. The minimum atomic E-state index is -0.131. The van der Waals surface area contributed by atoms with Crippen molar-refractivity contribution in [1.82, 2.24) is 5.32 Å². The molecule has 98 valence electrons. The highest BCUT2D eigenvalue weighted by atomic mass is 19.1. The van der Waals surface area contributed by atoms with Crippen LogP contribution in [0.3, 0.4) is 0 Å². The molecule has 1 aromatic rings. The number of benzene rings is 1. The molecule has 0 spiro atoms. The SMILES string of the molecule is OCCC1(CNC2CCc3cc(F)ccc32)CC1. The van der Waals surface area contributed by atoms with Crippen molar-refractivity contribution < 1.29 is 9.50 Å². The molecule has 0 aromatic heterocycles. The molecular weight excluding hydrogens is 229 g/mol. The number of hydrogen-bond acceptors (Lipinski definition) is 2. The van der Waals surface area contributed by atoms with E-state index < -0.39 is 0 Å². The molecule has 0 heterocycles. The number of halogens is 1. The van der Waals surface area contributed by atoms with Crippen molar-refractivity contribution in [2.45, 2.75) is 38.1 Å². The molecule has 3 rings (SSSR count). The van der Waals surface area contributed by atoms with Gasteiger partial charge in [0, 0.05) is 19.2 Å². The molecule has 2 aliphatic carbocycles. The minimum Gasteiger partial charge on any atom is -0.396 e. The summed E-state index contributed by atoms with van der Waals surface area (Å²) in [5, 5.41) is 12.7. The predicted molar refractivity (Wildman–Crippen MR) is 68.8 cm³/mol. The highest BCUT2D eigenvalue weighted by Gasteiger charge is 2.42. The van der Waals surface area contributed by atoms with Crippen molar-refractivity contribution >= 4 is 0 Å². The fraction of sp³-hybridized carbons (Fsp3) is 0.600. The number of fused-ring (bicyclic) bond motifs is 1. The Balaban J connectivity index is 1.63. The second kappa shape index (κ2) is 4.63. The molecule has 1 fully saturated rings. The maximum Gasteiger partial charge on any atom is 0.123 e. The van der Waals surface area contributed by atoms with Crippen LogP contribution in [0.1, 0.15) is 42.9 Å². The average molecular weight is 249 g/mol. The van der Waals surface area contributed by atoms with Gasteiger partial charge in [0.15, 0.2) is 0 Å². The van der Waals surface area contributed by atoms with E-state index in [0.717, 1.165) is 31.4 Å². The number of aryl methyl sites for hydroxylation is 1. The van der Waals surface area contributed by atoms with Gasteiger partial charge in [0.05, 0.1) is 0 Å². The van der Waals surface area contributed by atoms with Crippen LogP contribution >= 0.6 is 0 Å². The summed E-state index contributed by atoms with van der Waals surface area (Å²) in [4.78, 5) is 0. The van der Waals surface area contributed by atoms with Crippen LogP contribution in [-0.4, -0.2) is 18.3 Å². The fourth-order valence-electron chi connectivity index (χ4n) is 3.07. The third-order valence-electron chi connectivity index (χ3n) is 4.51. The van der Waals surface area contributed by atoms with Crippen molar-refractivity contribution in [2.75, 3.05) is 13.2 Å². The normalized spacial score (nSPS) is 24.0. The summed E-state index contributed by atoms with van der Waals surface area (Å²) in [5.74, 6) is -0.131. The highest BCUT2D eigenvalue weighted by Crippen LogP contribution is 2.48. The van der Waals surface area contributed by atoms with E-state index in [4.69, 9.17) is 5.11 Å². The summed E-state index contributed by atoms with van der Waals surface area (Å²) >= 11 is 0. The molecule has 1 unspecified atom stereocenters. The van der Waals surface area contributed by atoms with Crippen LogP contribution in [0.25, 0.3) is 0 Å². The summed E-state index contributed by atoms with van der Waals surface area (Å²) < 4.78 is 13.1. The van der Waals surface area contributed by atoms with E-state index in [1.165, 1.54) is 18.4 Å². The summed E-state index contributed by atoms with van der Waals surface area (Å²) in [6.07, 6.45) is 5.39. The molecule has 1 saturated carbocycles. The smallest absolute Gasteiger partial charge is 0.123 e. The molecule has 1 atom stereocenters. The topological polar surface area (TPSA) is 32.3 Å². The summed E-state index contributed by atoms with van der Waals surface area (Å²) in [5.41, 5.74) is 2.76. The quantitative estimate of drug-likeness (QED) is 0.840. The van der Waals surface area contributed by atoms with Crippen LogP contribution in [0.15, 0.2) is 18.2 Å². The van der Waals surface area contributed by atoms with Crippen LogP contribution < -0.4 is 5.32 Å². The van der Waals surface area contributed by atoms with Crippen molar-refractivity contribution in [2.24, 2.45) is 5.41 Å². The van der Waals surface area contributed by atoms with E-state index in [2.05, 4.69) is 5.32 Å². The first-order chi connectivity index (χ1) is 8.72. The van der Waals surface area contributed by atoms with Gasteiger partial charge in [0.1, 0.15) is 5.82 Å². The first kappa shape index (κ1) is 12.1. The van der Waals surface area contributed by atoms with E-state index in [0.29, 0.717) is 11.5 Å². The molecule has 0 saturated heterocycles. The average Bonchev–Trinajstić information content (AvgIpc) is 3.00. The molecule has 18 heavy (non-hydrogen) atoms. The third kappa shape index (κ3) is 2.29. The van der Waals surface area contributed by atoms with E-state index >= 15 is 0 Å². The molecule has 0 bridgehead atoms. The van der Waals surface area contributed by atoms with Gasteiger partial charge in [0.25, 0.3) is 0 Å². The lowest BCUT2D eigenvalue weighted by atomic mass is 10.0. The van der Waals surface area contributed by atoms with Gasteiger partial charge in [-0.05, 0) is 60.8 Å². The highest BCUT2D eigenvalue weighted by molar-refractivity contribution is 5.35. The van der Waals surface area contributed by atoms with Gasteiger partial charge < -0.3 is 10.4 Å². The van der Waals surface area contributed by atoms with Crippen LogP contribution in [0.2, 0.25) is 0 Å². The summed E-state index contributed by atoms with van der Waals surface area (Å²) in [6, 6.07) is 5.51. The van der Waals surface area contributed by atoms with Gasteiger partial charge in [-0.1, -0.05) is 6.07 Å². The molecule has 2 N–H and O–H groups in total. The standard InChI is InChI=1S/C15H20FNO/c16-12-2-3-13-11(9-12)1-4-14(13)17-10-15(5-6-15)7-8-18/h2-3,9,14,17-18H,1,4-8,10H2. The number of aliphatic hydroxyl groups is 1. The Kier molecular flexibility index (Phi) is 3.12. The van der Waals surface area contributed by atoms with Gasteiger partial charge in [-0.2, -0.15) is 0 Å². The second-order valence-corrected chi connectivity index (χ2v) is 5.79. The second-order valence-electron chi connectivity index (χ2n) is 5.79. The zero-order valence-electron chi connectivity index (χ0n) is 10.6. The number of hydrogen-bond donors (Lipinski definition) is 2. The zero-order chi connectivity index (χ0) is 12.6. The van der Waals surface area contributed by atoms with E-state index in [1.807, 2.05) is 6.07 Å². The first-order valence-corrected chi connectivity index (χ1v) is 6.85. The lowest BCUT2D eigenvalue weighted by Gasteiger charge is -2.19. The van der Waals surface area contributed by atoms with Crippen molar-refractivity contribution in [3.05, 3.63) is 35.1 Å². The Labute approximate surface area is 107 Å². The van der Waals surface area contributed by atoms with Crippen LogP contribution in [-0.2, 0) is 6.42 Å². The lowest BCUT2D eigenvalue weighted by molar-refractivity contribution is 0.242. The van der Waals surface area contributed by atoms with Crippen LogP contribution in [0.4, 0.5) is 4.39 Å². The summed E-state index contributed by atoms with van der Waals surface area (Å²) in [7, 11) is 0. The van der Waals surface area contributed by atoms with Gasteiger partial charge in [0.2, 0.25) is 0 Å². The maximum absolute atomic E-state index is 13.1. The molecule has 0 radical (unpaired) electrons. The number of nitrogens with one attached hydrogen (secondary N) is 1. The molecule has 1 aromatic carbocycles. The van der Waals surface area contributed by atoms with Gasteiger partial charge in [-0.3, -0.25) is 0 Å². The Morgan fingerprint density at radius 3 is 2.94 bits per heavy atom. The Morgan fingerprint density at radius 1 is 1.39 bits per heavy atom. The maximum atomic E-state index is 13.1. The largest absolute Gasteiger partial charge is 0.396 e. The van der Waals surface area contributed by atoms with Crippen molar-refractivity contribution in [3.63, 3.8) is 0 Å². The van der Waals surface area contributed by atoms with Crippen molar-refractivity contribution in [1.29, 1.82) is 0 Å². The molecule has 0 aliphatic heterocycles. The number of rotatable bonds is 5. The third-order valence-corrected chi connectivity index (χ3v) is 4.51. The van der Waals surface area contributed by atoms with Crippen LogP contribution in [0.5, 0.6) is 0 Å². The van der Waals surface area contributed by atoms with Gasteiger partial charge in [-0.15, -0.1) is 0 Å². The Bertz CT molecular complexity index is 442. The minimum absolute atomic E-state index is 0.131. The monoisotopic (exact) mass is 249 g/mol. The molecule has 2 aliphatic rings. The Hall–Kier alpha value is -0.930. The van der Waals surface area contributed by atoms with Crippen molar-refractivity contribution in [3.8, 4) is 0 Å². The van der Waals surface area contributed by atoms with E-state index in [9.17, 15) is 4.39 Å². The molecule has 0 amide bonds. The summed E-state index contributed by atoms with van der Waals surface area (Å²) in [6.45, 7) is 1.27. The van der Waals surface area contributed by atoms with Gasteiger partial charge in [-0.25, -0.2) is 4.39 Å². The lowest BCUT2D eigenvalue weighted by Crippen LogP contribution is -2.27. The van der Waals surface area contributed by atoms with Gasteiger partial charge >= 0.3 is 0 Å². The predicted octanol–water partition coefficient (Wildman–Crippen LogP) is 2.57. The van der Waals surface area contributed by atoms with Crippen LogP contribution in [0, 0.1) is 11.2 Å². The first-order valence-electron chi connectivity index (χ1n) is 6.85.